The molecule has 0 aromatic carbocycles. The summed E-state index contributed by atoms with van der Waals surface area (Å²) in [7, 11) is 2.74. The predicted octanol–water partition coefficient (Wildman–Crippen LogP) is 5.26. The molecule has 16 heavy (non-hydrogen) atoms. The normalized spacial score (nSPS) is 16.9. The minimum absolute atomic E-state index is 0.323. The maximum atomic E-state index is 6.07. The Hall–Kier alpha value is 0.877. The van der Waals surface area contributed by atoms with E-state index in [9.17, 15) is 0 Å². The van der Waals surface area contributed by atoms with Crippen LogP contribution >= 0.6 is 21.6 Å². The molecule has 0 aliphatic carbocycles. The van der Waals surface area contributed by atoms with E-state index in [2.05, 4.69) is 54.3 Å². The lowest BCUT2D eigenvalue weighted by molar-refractivity contribution is 0.0575. The predicted molar refractivity (Wildman–Crippen MR) is 83.1 cm³/mol. The van der Waals surface area contributed by atoms with Crippen LogP contribution in [-0.2, 0) is 4.74 Å². The first-order valence-electron chi connectivity index (χ1n) is 6.12. The van der Waals surface area contributed by atoms with Gasteiger partial charge in [-0.3, -0.25) is 0 Å². The number of rotatable bonds is 7. The summed E-state index contributed by atoms with van der Waals surface area (Å²) < 4.78 is 6.07. The highest BCUT2D eigenvalue weighted by molar-refractivity contribution is 8.77. The van der Waals surface area contributed by atoms with Crippen LogP contribution in [0.15, 0.2) is 0 Å². The van der Waals surface area contributed by atoms with Gasteiger partial charge in [-0.25, -0.2) is 0 Å². The minimum Gasteiger partial charge on any atom is -0.364 e. The molecule has 0 spiro atoms. The second-order valence-corrected chi connectivity index (χ2v) is 14.5. The third-order valence-electron chi connectivity index (χ3n) is 2.52. The highest BCUT2D eigenvalue weighted by Gasteiger charge is 2.31. The lowest BCUT2D eigenvalue weighted by Crippen LogP contribution is -2.35. The van der Waals surface area contributed by atoms with Crippen LogP contribution < -0.4 is 0 Å². The molecule has 0 N–H and O–H groups in total. The molecule has 0 radical (unpaired) electrons. The van der Waals surface area contributed by atoms with E-state index in [0.717, 1.165) is 0 Å². The molecule has 0 aromatic heterocycles. The first kappa shape index (κ1) is 16.9. The molecule has 4 heteroatoms. The molecule has 98 valence electrons. The maximum Gasteiger partial charge on any atom is 0.113 e. The summed E-state index contributed by atoms with van der Waals surface area (Å²) >= 11 is 0. The molecule has 2 atom stereocenters. The summed E-state index contributed by atoms with van der Waals surface area (Å²) in [5.41, 5.74) is 1.03. The van der Waals surface area contributed by atoms with Gasteiger partial charge in [0.05, 0.1) is 14.2 Å². The second-order valence-electron chi connectivity index (χ2n) is 5.95. The van der Waals surface area contributed by atoms with Crippen LogP contribution in [0, 0.1) is 0 Å². The Balaban J connectivity index is 4.41. The molecular weight excluding hydrogens is 252 g/mol. The maximum absolute atomic E-state index is 6.07. The average Bonchev–Trinajstić information content (AvgIpc) is 2.08. The zero-order valence-corrected chi connectivity index (χ0v) is 14.7. The third-order valence-corrected chi connectivity index (χ3v) is 9.06. The van der Waals surface area contributed by atoms with Crippen LogP contribution in [0.25, 0.3) is 0 Å². The van der Waals surface area contributed by atoms with Gasteiger partial charge in [-0.15, -0.1) is 0 Å². The molecule has 0 heterocycles. The van der Waals surface area contributed by atoms with Crippen molar-refractivity contribution < 1.29 is 4.74 Å². The summed E-state index contributed by atoms with van der Waals surface area (Å²) in [4.78, 5) is 0. The van der Waals surface area contributed by atoms with Gasteiger partial charge >= 0.3 is 0 Å². The first-order valence-corrected chi connectivity index (χ1v) is 12.0. The lowest BCUT2D eigenvalue weighted by atomic mass is 10.4. The number of ether oxygens (including phenoxy) is 1. The Labute approximate surface area is 111 Å². The van der Waals surface area contributed by atoms with Gasteiger partial charge in [-0.1, -0.05) is 62.0 Å². The molecular formula is C12H28OS2Si. The van der Waals surface area contributed by atoms with Crippen molar-refractivity contribution in [2.75, 3.05) is 0 Å². The van der Waals surface area contributed by atoms with Gasteiger partial charge in [-0.05, 0) is 19.4 Å². The van der Waals surface area contributed by atoms with Crippen molar-refractivity contribution in [3.63, 3.8) is 0 Å². The minimum atomic E-state index is -1.12. The fourth-order valence-corrected chi connectivity index (χ4v) is 6.08. The van der Waals surface area contributed by atoms with E-state index >= 15 is 0 Å². The quantitative estimate of drug-likeness (QED) is 0.358. The molecule has 0 saturated carbocycles. The standard InChI is InChI=1S/C12H28OS2Si/c1-9(2)13-12(15-14-10(3)4)11(5)16(6,7)8/h9-12H,1-8H3. The van der Waals surface area contributed by atoms with Crippen LogP contribution in [0.5, 0.6) is 0 Å². The molecule has 2 unspecified atom stereocenters. The van der Waals surface area contributed by atoms with Gasteiger partial charge in [0.2, 0.25) is 0 Å². The van der Waals surface area contributed by atoms with E-state index in [1.807, 2.05) is 21.6 Å². The van der Waals surface area contributed by atoms with E-state index in [1.165, 1.54) is 0 Å². The van der Waals surface area contributed by atoms with Crippen molar-refractivity contribution in [2.45, 2.75) is 76.6 Å². The monoisotopic (exact) mass is 280 g/mol. The average molecular weight is 281 g/mol. The van der Waals surface area contributed by atoms with Crippen molar-refractivity contribution >= 4 is 29.7 Å². The zero-order valence-electron chi connectivity index (χ0n) is 12.0. The molecule has 0 aromatic rings. The van der Waals surface area contributed by atoms with E-state index in [-0.39, 0.29) is 0 Å². The molecule has 0 fully saturated rings. The Morgan fingerprint density at radius 2 is 1.38 bits per heavy atom. The van der Waals surface area contributed by atoms with E-state index in [4.69, 9.17) is 4.74 Å². The van der Waals surface area contributed by atoms with Gasteiger partial charge in [-0.2, -0.15) is 0 Å². The largest absolute Gasteiger partial charge is 0.364 e. The molecule has 0 aliphatic heterocycles. The summed E-state index contributed by atoms with van der Waals surface area (Å²) in [6.45, 7) is 18.4. The van der Waals surface area contributed by atoms with Crippen molar-refractivity contribution in [2.24, 2.45) is 0 Å². The third kappa shape index (κ3) is 7.25. The zero-order chi connectivity index (χ0) is 12.9. The van der Waals surface area contributed by atoms with Crippen LogP contribution in [0.1, 0.15) is 34.6 Å². The summed E-state index contributed by atoms with van der Waals surface area (Å²) in [6.07, 6.45) is 0.323. The highest BCUT2D eigenvalue weighted by Crippen LogP contribution is 2.41. The summed E-state index contributed by atoms with van der Waals surface area (Å²) in [5.74, 6) is 0. The number of hydrogen-bond acceptors (Lipinski definition) is 3. The van der Waals surface area contributed by atoms with Gasteiger partial charge in [0.25, 0.3) is 0 Å². The molecule has 0 amide bonds. The van der Waals surface area contributed by atoms with E-state index < -0.39 is 8.07 Å². The van der Waals surface area contributed by atoms with E-state index in [1.54, 1.807) is 0 Å². The van der Waals surface area contributed by atoms with Gasteiger partial charge < -0.3 is 4.74 Å². The van der Waals surface area contributed by atoms with Gasteiger partial charge in [0.15, 0.2) is 0 Å². The van der Waals surface area contributed by atoms with Crippen molar-refractivity contribution in [3.05, 3.63) is 0 Å². The van der Waals surface area contributed by atoms with Crippen LogP contribution in [-0.4, -0.2) is 24.9 Å². The van der Waals surface area contributed by atoms with Crippen molar-refractivity contribution in [1.29, 1.82) is 0 Å². The van der Waals surface area contributed by atoms with Crippen LogP contribution in [0.4, 0.5) is 0 Å². The Bertz CT molecular complexity index is 190. The van der Waals surface area contributed by atoms with Crippen molar-refractivity contribution in [3.8, 4) is 0 Å². The smallest absolute Gasteiger partial charge is 0.113 e. The lowest BCUT2D eigenvalue weighted by Gasteiger charge is -2.33. The highest BCUT2D eigenvalue weighted by atomic mass is 33.1. The van der Waals surface area contributed by atoms with Crippen molar-refractivity contribution in [1.82, 2.24) is 0 Å². The Morgan fingerprint density at radius 1 is 0.875 bits per heavy atom. The fourth-order valence-electron chi connectivity index (χ4n) is 1.07. The molecule has 0 saturated heterocycles. The Morgan fingerprint density at radius 3 is 1.69 bits per heavy atom. The second kappa shape index (κ2) is 7.34. The van der Waals surface area contributed by atoms with E-state index in [0.29, 0.717) is 22.3 Å². The topological polar surface area (TPSA) is 9.23 Å². The first-order chi connectivity index (χ1) is 7.14. The van der Waals surface area contributed by atoms with Gasteiger partial charge in [0.1, 0.15) is 5.44 Å². The summed E-state index contributed by atoms with van der Waals surface area (Å²) in [6, 6.07) is 0. The molecule has 0 rings (SSSR count). The Kier molecular flexibility index (Phi) is 7.74. The molecule has 0 bridgehead atoms. The van der Waals surface area contributed by atoms with Crippen LogP contribution in [0.2, 0.25) is 25.2 Å². The van der Waals surface area contributed by atoms with Crippen LogP contribution in [0.3, 0.4) is 0 Å². The fraction of sp³-hybridized carbons (Fsp3) is 1.00. The van der Waals surface area contributed by atoms with Gasteiger partial charge in [0, 0.05) is 5.25 Å². The molecule has 1 nitrogen and oxygen atoms in total. The number of hydrogen-bond donors (Lipinski definition) is 0. The SMILES string of the molecule is CC(C)OC(SSC(C)C)C(C)[Si](C)(C)C. The molecule has 0 aliphatic rings. The summed E-state index contributed by atoms with van der Waals surface area (Å²) in [5, 5.41) is 0.664.